The molecule has 2 aliphatic carbocycles. The molecule has 0 bridgehead atoms. The molecule has 3 aromatic rings. The number of benzene rings is 1. The first-order valence-electron chi connectivity index (χ1n) is 11.1. The summed E-state index contributed by atoms with van der Waals surface area (Å²) in [7, 11) is 0. The number of aryl methyl sites for hydroxylation is 1. The van der Waals surface area contributed by atoms with Crippen LogP contribution in [0.15, 0.2) is 48.3 Å². The van der Waals surface area contributed by atoms with Gasteiger partial charge in [-0.3, -0.25) is 0 Å². The summed E-state index contributed by atoms with van der Waals surface area (Å²) in [5.74, 6) is 2.51. The van der Waals surface area contributed by atoms with Crippen molar-refractivity contribution in [3.8, 4) is 0 Å². The lowest BCUT2D eigenvalue weighted by atomic mass is 9.69. The van der Waals surface area contributed by atoms with Gasteiger partial charge in [-0.1, -0.05) is 17.7 Å². The second-order valence-corrected chi connectivity index (χ2v) is 9.64. The quantitative estimate of drug-likeness (QED) is 0.466. The second-order valence-electron chi connectivity index (χ2n) is 9.28. The number of nitrogens with one attached hydrogen (secondary N) is 1. The first-order valence-corrected chi connectivity index (χ1v) is 11.5. The summed E-state index contributed by atoms with van der Waals surface area (Å²) >= 11 is 6.56. The Labute approximate surface area is 195 Å². The molecule has 0 amide bonds. The maximum Gasteiger partial charge on any atom is 0.226 e. The molecule has 9 heteroatoms. The van der Waals surface area contributed by atoms with E-state index in [1.807, 2.05) is 13.0 Å². The third-order valence-corrected chi connectivity index (χ3v) is 7.76. The van der Waals surface area contributed by atoms with Crippen molar-refractivity contribution in [1.29, 1.82) is 0 Å². The normalized spacial score (nSPS) is 26.3. The number of halogens is 2. The molecule has 166 valence electrons. The van der Waals surface area contributed by atoms with Crippen LogP contribution in [0.2, 0.25) is 5.15 Å². The lowest BCUT2D eigenvalue weighted by Crippen LogP contribution is -2.46. The Hall–Kier alpha value is -3.26. The number of fused-ring (bicyclic) bond motifs is 1. The van der Waals surface area contributed by atoms with Crippen molar-refractivity contribution in [3.63, 3.8) is 0 Å². The summed E-state index contributed by atoms with van der Waals surface area (Å²) in [5.41, 5.74) is 4.43. The average molecular weight is 462 g/mol. The van der Waals surface area contributed by atoms with E-state index < -0.39 is 0 Å². The third-order valence-electron chi connectivity index (χ3n) is 7.45. The summed E-state index contributed by atoms with van der Waals surface area (Å²) in [6.07, 6.45) is 4.77. The van der Waals surface area contributed by atoms with Gasteiger partial charge in [0.1, 0.15) is 28.9 Å². The molecule has 1 spiro atoms. The Morgan fingerprint density at radius 3 is 2.85 bits per heavy atom. The van der Waals surface area contributed by atoms with Crippen LogP contribution in [0.25, 0.3) is 0 Å². The van der Waals surface area contributed by atoms with Gasteiger partial charge in [0.25, 0.3) is 0 Å². The molecule has 4 aliphatic rings. The highest BCUT2D eigenvalue weighted by Crippen LogP contribution is 2.68. The summed E-state index contributed by atoms with van der Waals surface area (Å²) < 4.78 is 13.4. The highest BCUT2D eigenvalue weighted by Gasteiger charge is 2.70. The van der Waals surface area contributed by atoms with E-state index >= 15 is 0 Å². The molecule has 2 fully saturated rings. The average Bonchev–Trinajstić information content (AvgIpc) is 3.07. The molecule has 1 N–H and O–H groups in total. The van der Waals surface area contributed by atoms with Crippen LogP contribution in [0, 0.1) is 24.1 Å². The minimum Gasteiger partial charge on any atom is -0.355 e. The molecule has 3 atom stereocenters. The third kappa shape index (κ3) is 2.80. The van der Waals surface area contributed by atoms with Crippen molar-refractivity contribution in [2.24, 2.45) is 11.3 Å². The number of aromatic nitrogens is 4. The summed E-state index contributed by atoms with van der Waals surface area (Å²) in [5, 5.41) is 4.03. The Balaban J connectivity index is 1.13. The Kier molecular flexibility index (Phi) is 3.87. The molecule has 7 nitrogen and oxygen atoms in total. The number of anilines is 4. The molecule has 7 rings (SSSR count). The number of rotatable bonds is 4. The van der Waals surface area contributed by atoms with E-state index in [2.05, 4.69) is 36.1 Å². The van der Waals surface area contributed by atoms with Gasteiger partial charge in [0.05, 0.1) is 6.04 Å². The maximum absolute atomic E-state index is 13.4. The fourth-order valence-electron chi connectivity index (χ4n) is 5.76. The topological polar surface area (TPSA) is 70.1 Å². The molecule has 4 heterocycles. The second kappa shape index (κ2) is 6.63. The Morgan fingerprint density at radius 1 is 1.18 bits per heavy atom. The van der Waals surface area contributed by atoms with Crippen LogP contribution < -0.4 is 15.1 Å². The minimum atomic E-state index is -0.254. The van der Waals surface area contributed by atoms with Crippen LogP contribution in [-0.4, -0.2) is 45.6 Å². The summed E-state index contributed by atoms with van der Waals surface area (Å²) in [4.78, 5) is 22.5. The lowest BCUT2D eigenvalue weighted by Gasteiger charge is -2.39. The minimum absolute atomic E-state index is 0.192. The van der Waals surface area contributed by atoms with E-state index in [1.54, 1.807) is 18.5 Å². The molecule has 3 unspecified atom stereocenters. The van der Waals surface area contributed by atoms with Crippen molar-refractivity contribution < 1.29 is 4.39 Å². The highest BCUT2D eigenvalue weighted by molar-refractivity contribution is 6.30. The van der Waals surface area contributed by atoms with E-state index in [0.29, 0.717) is 17.0 Å². The van der Waals surface area contributed by atoms with Crippen LogP contribution in [0.4, 0.5) is 27.7 Å². The zero-order chi connectivity index (χ0) is 22.3. The first-order chi connectivity index (χ1) is 16.0. The molecule has 1 saturated heterocycles. The largest absolute Gasteiger partial charge is 0.355 e. The zero-order valence-corrected chi connectivity index (χ0v) is 18.7. The van der Waals surface area contributed by atoms with E-state index in [4.69, 9.17) is 16.6 Å². The lowest BCUT2D eigenvalue weighted by molar-refractivity contribution is 0.302. The van der Waals surface area contributed by atoms with Crippen LogP contribution in [0.3, 0.4) is 0 Å². The van der Waals surface area contributed by atoms with Crippen LogP contribution >= 0.6 is 11.6 Å². The first kappa shape index (κ1) is 19.2. The summed E-state index contributed by atoms with van der Waals surface area (Å²) in [6, 6.07) is 8.71. The van der Waals surface area contributed by atoms with Gasteiger partial charge in [0.2, 0.25) is 5.95 Å². The fourth-order valence-corrected chi connectivity index (χ4v) is 6.01. The van der Waals surface area contributed by atoms with Crippen molar-refractivity contribution in [3.05, 3.63) is 70.5 Å². The van der Waals surface area contributed by atoms with Crippen molar-refractivity contribution >= 4 is 34.9 Å². The predicted octanol–water partition coefficient (Wildman–Crippen LogP) is 3.92. The number of hydrogen-bond donors (Lipinski definition) is 1. The van der Waals surface area contributed by atoms with Crippen molar-refractivity contribution in [2.45, 2.75) is 19.4 Å². The summed E-state index contributed by atoms with van der Waals surface area (Å²) in [6.45, 7) is 4.62. The van der Waals surface area contributed by atoms with Crippen LogP contribution in [0.1, 0.15) is 11.3 Å². The Morgan fingerprint density at radius 2 is 2.03 bits per heavy atom. The predicted molar refractivity (Wildman–Crippen MR) is 125 cm³/mol. The molecular weight excluding hydrogens is 441 g/mol. The molecule has 33 heavy (non-hydrogen) atoms. The zero-order valence-electron chi connectivity index (χ0n) is 18.0. The maximum atomic E-state index is 13.4. The van der Waals surface area contributed by atoms with Gasteiger partial charge in [-0.2, -0.15) is 4.98 Å². The van der Waals surface area contributed by atoms with Gasteiger partial charge in [-0.15, -0.1) is 0 Å². The number of nitrogens with zero attached hydrogens (tertiary/aromatic N) is 6. The monoisotopic (exact) mass is 461 g/mol. The standard InChI is InChI=1S/C24H21ClFN7/c1-13-8-19(28-12-27-13)32-10-18-20(17-9-24(17,18)11-32)29-23-30-21(25)16-6-7-33(22(16)31-23)15-4-2-14(26)3-5-15/h2-5,8-9,12,18,20H,6-7,10-11H2,1H3,(H,29,30,31). The SMILES string of the molecule is Cc1cc(N2CC3C(Nc4nc(Cl)c5c(n4)N(c4ccc(F)cc4)CC5)C4=CC43C2)ncn1. The van der Waals surface area contributed by atoms with E-state index in [1.165, 1.54) is 17.7 Å². The fraction of sp³-hybridized carbons (Fsp3) is 0.333. The van der Waals surface area contributed by atoms with E-state index in [-0.39, 0.29) is 17.3 Å². The van der Waals surface area contributed by atoms with Crippen LogP contribution in [0.5, 0.6) is 0 Å². The molecular formula is C24H21ClFN7. The van der Waals surface area contributed by atoms with Crippen LogP contribution in [-0.2, 0) is 6.42 Å². The van der Waals surface area contributed by atoms with Crippen molar-refractivity contribution in [1.82, 2.24) is 19.9 Å². The highest BCUT2D eigenvalue weighted by atomic mass is 35.5. The molecule has 1 saturated carbocycles. The smallest absolute Gasteiger partial charge is 0.226 e. The van der Waals surface area contributed by atoms with Gasteiger partial charge in [0, 0.05) is 54.0 Å². The molecule has 1 aromatic carbocycles. The van der Waals surface area contributed by atoms with Gasteiger partial charge in [0.15, 0.2) is 0 Å². The van der Waals surface area contributed by atoms with Gasteiger partial charge in [-0.25, -0.2) is 19.3 Å². The van der Waals surface area contributed by atoms with Crippen molar-refractivity contribution in [2.75, 3.05) is 34.8 Å². The van der Waals surface area contributed by atoms with Gasteiger partial charge in [-0.05, 0) is 43.2 Å². The van der Waals surface area contributed by atoms with E-state index in [9.17, 15) is 4.39 Å². The Bertz CT molecular complexity index is 1330. The molecule has 2 aromatic heterocycles. The van der Waals surface area contributed by atoms with Gasteiger partial charge >= 0.3 is 0 Å². The van der Waals surface area contributed by atoms with E-state index in [0.717, 1.165) is 54.6 Å². The number of hydrogen-bond acceptors (Lipinski definition) is 7. The molecule has 2 aliphatic heterocycles. The van der Waals surface area contributed by atoms with Gasteiger partial charge < -0.3 is 15.1 Å². The molecule has 0 radical (unpaired) electrons.